The highest BCUT2D eigenvalue weighted by Gasteiger charge is 2.49. The number of hydrogen-bond donors (Lipinski definition) is 1. The van der Waals surface area contributed by atoms with Crippen molar-refractivity contribution in [3.8, 4) is 17.2 Å². The van der Waals surface area contributed by atoms with Gasteiger partial charge in [-0.15, -0.1) is 0 Å². The maximum Gasteiger partial charge on any atom is 0.416 e. The number of carboxylic acid groups (broad SMARTS) is 1. The number of methoxy groups -OCH3 is 1. The van der Waals surface area contributed by atoms with E-state index in [0.29, 0.717) is 53.1 Å². The van der Waals surface area contributed by atoms with Gasteiger partial charge in [0.05, 0.1) is 17.6 Å². The van der Waals surface area contributed by atoms with Crippen LogP contribution in [0.15, 0.2) is 58.9 Å². The van der Waals surface area contributed by atoms with Crippen LogP contribution in [0.2, 0.25) is 0 Å². The second-order valence-electron chi connectivity index (χ2n) is 13.5. The minimum atomic E-state index is -4.80. The van der Waals surface area contributed by atoms with Gasteiger partial charge in [0.2, 0.25) is 5.75 Å². The molecule has 0 aromatic heterocycles. The number of aliphatic carboxylic acids is 1. The number of nitrogens with zero attached hydrogens (tertiary/aromatic N) is 2. The SMILES string of the molecule is COc1cc(C2C3=C(CC(C)(C)CC3=O)N(CC(=O)O)C3=C2C(=O)CC(C)(C)C3)ccc1Oc1ccc(C(F)(F)F)cc1[N+](=O)[O-]. The number of hydrogen-bond acceptors (Lipinski definition) is 8. The number of alkyl halides is 3. The molecule has 0 saturated heterocycles. The number of benzene rings is 2. The Hall–Kier alpha value is -4.68. The summed E-state index contributed by atoms with van der Waals surface area (Å²) in [5, 5.41) is 21.5. The molecule has 0 saturated carbocycles. The first-order valence-corrected chi connectivity index (χ1v) is 14.5. The third-order valence-corrected chi connectivity index (χ3v) is 8.54. The number of ketones is 2. The lowest BCUT2D eigenvalue weighted by molar-refractivity contribution is -0.385. The first-order chi connectivity index (χ1) is 21.3. The fourth-order valence-corrected chi connectivity index (χ4v) is 6.70. The molecule has 0 atom stereocenters. The summed E-state index contributed by atoms with van der Waals surface area (Å²) < 4.78 is 50.9. The topological polar surface area (TPSA) is 136 Å². The van der Waals surface area contributed by atoms with Gasteiger partial charge in [-0.05, 0) is 53.5 Å². The Balaban J connectivity index is 1.66. The molecule has 5 rings (SSSR count). The van der Waals surface area contributed by atoms with Crippen LogP contribution in [0.4, 0.5) is 18.9 Å². The molecule has 0 spiro atoms. The first-order valence-electron chi connectivity index (χ1n) is 14.5. The van der Waals surface area contributed by atoms with E-state index in [-0.39, 0.29) is 35.9 Å². The lowest BCUT2D eigenvalue weighted by atomic mass is 9.63. The number of ether oxygens (including phenoxy) is 2. The number of carbonyl (C=O) groups excluding carboxylic acids is 2. The summed E-state index contributed by atoms with van der Waals surface area (Å²) in [6.45, 7) is 7.30. The van der Waals surface area contributed by atoms with Crippen LogP contribution < -0.4 is 9.47 Å². The molecule has 0 bridgehead atoms. The average molecular weight is 643 g/mol. The van der Waals surface area contributed by atoms with Gasteiger partial charge in [0.15, 0.2) is 23.1 Å². The van der Waals surface area contributed by atoms with Gasteiger partial charge in [-0.1, -0.05) is 33.8 Å². The van der Waals surface area contributed by atoms with E-state index < -0.39 is 57.4 Å². The molecule has 244 valence electrons. The van der Waals surface area contributed by atoms with Crippen LogP contribution in [-0.2, 0) is 20.6 Å². The molecule has 1 heterocycles. The lowest BCUT2D eigenvalue weighted by Crippen LogP contribution is -2.45. The van der Waals surface area contributed by atoms with Crippen LogP contribution in [0.1, 0.15) is 70.4 Å². The highest BCUT2D eigenvalue weighted by Crippen LogP contribution is 2.55. The van der Waals surface area contributed by atoms with Gasteiger partial charge >= 0.3 is 17.8 Å². The van der Waals surface area contributed by atoms with E-state index in [0.717, 1.165) is 6.07 Å². The number of allylic oxidation sites excluding steroid dienone is 4. The van der Waals surface area contributed by atoms with Crippen molar-refractivity contribution < 1.29 is 47.1 Å². The van der Waals surface area contributed by atoms with Crippen molar-refractivity contribution >= 4 is 23.2 Å². The molecule has 1 aliphatic heterocycles. The Morgan fingerprint density at radius 1 is 0.935 bits per heavy atom. The molecule has 46 heavy (non-hydrogen) atoms. The summed E-state index contributed by atoms with van der Waals surface area (Å²) in [5.41, 5.74) is -0.788. The fraction of sp³-hybridized carbons (Fsp3) is 0.424. The summed E-state index contributed by atoms with van der Waals surface area (Å²) >= 11 is 0. The van der Waals surface area contributed by atoms with Crippen molar-refractivity contribution in [1.29, 1.82) is 0 Å². The Kier molecular flexibility index (Phi) is 8.02. The second kappa shape index (κ2) is 11.3. The number of carbonyl (C=O) groups is 3. The van der Waals surface area contributed by atoms with Crippen molar-refractivity contribution in [2.75, 3.05) is 13.7 Å². The van der Waals surface area contributed by atoms with Crippen LogP contribution in [0.5, 0.6) is 17.2 Å². The number of nitro groups is 1. The van der Waals surface area contributed by atoms with E-state index in [1.165, 1.54) is 19.2 Å². The van der Waals surface area contributed by atoms with Gasteiger partial charge in [-0.3, -0.25) is 24.5 Å². The van der Waals surface area contributed by atoms with Gasteiger partial charge in [-0.2, -0.15) is 13.2 Å². The van der Waals surface area contributed by atoms with Gasteiger partial charge in [0, 0.05) is 47.4 Å². The van der Waals surface area contributed by atoms with Gasteiger partial charge in [-0.25, -0.2) is 0 Å². The van der Waals surface area contributed by atoms with Crippen molar-refractivity contribution in [3.63, 3.8) is 0 Å². The highest BCUT2D eigenvalue weighted by atomic mass is 19.4. The fourth-order valence-electron chi connectivity index (χ4n) is 6.70. The Morgan fingerprint density at radius 3 is 1.96 bits per heavy atom. The van der Waals surface area contributed by atoms with Gasteiger partial charge < -0.3 is 19.5 Å². The largest absolute Gasteiger partial charge is 0.493 e. The van der Waals surface area contributed by atoms with Crippen LogP contribution in [0.25, 0.3) is 0 Å². The summed E-state index contributed by atoms with van der Waals surface area (Å²) in [7, 11) is 1.31. The van der Waals surface area contributed by atoms with Crippen molar-refractivity contribution in [2.24, 2.45) is 10.8 Å². The van der Waals surface area contributed by atoms with E-state index in [9.17, 15) is 42.8 Å². The number of nitro benzene ring substituents is 1. The Morgan fingerprint density at radius 2 is 1.48 bits per heavy atom. The zero-order valence-electron chi connectivity index (χ0n) is 25.9. The zero-order valence-corrected chi connectivity index (χ0v) is 25.9. The maximum atomic E-state index is 13.9. The van der Waals surface area contributed by atoms with E-state index in [4.69, 9.17) is 9.47 Å². The normalized spacial score (nSPS) is 19.5. The molecule has 0 fully saturated rings. The minimum absolute atomic E-state index is 0.0481. The van der Waals surface area contributed by atoms with E-state index in [2.05, 4.69) is 0 Å². The molecule has 13 heteroatoms. The van der Waals surface area contributed by atoms with Gasteiger partial charge in [0.1, 0.15) is 6.54 Å². The predicted molar refractivity (Wildman–Crippen MR) is 158 cm³/mol. The molecule has 0 unspecified atom stereocenters. The van der Waals surface area contributed by atoms with Gasteiger partial charge in [0.25, 0.3) is 0 Å². The van der Waals surface area contributed by atoms with Crippen molar-refractivity contribution in [2.45, 2.75) is 65.5 Å². The third kappa shape index (κ3) is 6.10. The first kappa shape index (κ1) is 32.7. The Labute approximate surface area is 262 Å². The molecule has 0 radical (unpaired) electrons. The Bertz CT molecular complexity index is 1680. The number of halogens is 3. The van der Waals surface area contributed by atoms with Crippen LogP contribution in [0.3, 0.4) is 0 Å². The molecule has 2 aromatic rings. The van der Waals surface area contributed by atoms with E-state index in [1.807, 2.05) is 27.7 Å². The smallest absolute Gasteiger partial charge is 0.416 e. The summed E-state index contributed by atoms with van der Waals surface area (Å²) in [6.07, 6.45) is -3.64. The van der Waals surface area contributed by atoms with Crippen molar-refractivity contribution in [1.82, 2.24) is 4.90 Å². The molecule has 3 aliphatic rings. The molecule has 2 aliphatic carbocycles. The highest BCUT2D eigenvalue weighted by molar-refractivity contribution is 6.07. The van der Waals surface area contributed by atoms with Crippen LogP contribution in [-0.4, -0.2) is 46.1 Å². The average Bonchev–Trinajstić information content (AvgIpc) is 2.92. The third-order valence-electron chi connectivity index (χ3n) is 8.54. The summed E-state index contributed by atoms with van der Waals surface area (Å²) in [6, 6.07) is 6.41. The predicted octanol–water partition coefficient (Wildman–Crippen LogP) is 7.18. The lowest BCUT2D eigenvalue weighted by Gasteiger charge is -2.48. The number of Topliss-reactive ketones (excluding diaryl/α,β-unsaturated/α-hetero) is 2. The van der Waals surface area contributed by atoms with E-state index in [1.54, 1.807) is 11.0 Å². The minimum Gasteiger partial charge on any atom is -0.493 e. The zero-order chi connectivity index (χ0) is 33.9. The van der Waals surface area contributed by atoms with Crippen molar-refractivity contribution in [3.05, 3.63) is 80.2 Å². The van der Waals surface area contributed by atoms with Crippen LogP contribution >= 0.6 is 0 Å². The van der Waals surface area contributed by atoms with E-state index >= 15 is 0 Å². The maximum absolute atomic E-state index is 13.9. The molecular formula is C33H33F3N2O8. The number of carboxylic acids is 1. The summed E-state index contributed by atoms with van der Waals surface area (Å²) in [4.78, 5) is 52.1. The molecule has 1 N–H and O–H groups in total. The monoisotopic (exact) mass is 642 g/mol. The second-order valence-corrected chi connectivity index (χ2v) is 13.5. The quantitative estimate of drug-likeness (QED) is 0.246. The standard InChI is InChI=1S/C33H33F3N2O8/c1-31(2)12-20-29(22(39)14-31)28(30-21(37(20)16-27(41)42)13-32(3,4)15-23(30)40)17-6-8-25(26(10-17)45-5)46-24-9-7-18(33(34,35)36)11-19(24)38(43)44/h6-11,28H,12-16H2,1-5H3,(H,41,42). The molecule has 2 aromatic carbocycles. The van der Waals surface area contributed by atoms with Crippen LogP contribution in [0, 0.1) is 20.9 Å². The molecule has 0 amide bonds. The summed E-state index contributed by atoms with van der Waals surface area (Å²) in [5.74, 6) is -2.82. The molecule has 10 nitrogen and oxygen atoms in total. The molecular weight excluding hydrogens is 609 g/mol. The number of rotatable bonds is 7.